The quantitative estimate of drug-likeness (QED) is 0.846. The molecule has 3 rings (SSSR count). The van der Waals surface area contributed by atoms with Crippen LogP contribution in [0.5, 0.6) is 0 Å². The Balaban J connectivity index is 1.69. The number of aryl methyl sites for hydroxylation is 1. The Hall–Kier alpha value is -2.34. The standard InChI is InChI=1S/C18H23N3O3/c1-2-8-20-10-7-13-11-14(5-6-16(13)20)19-17(23)18(24)21-9-3-4-15(22)12-21/h5-7,10-11,15,22H,2-4,8-9,12H2,1H3,(H,19,23). The Morgan fingerprint density at radius 1 is 1.33 bits per heavy atom. The lowest BCUT2D eigenvalue weighted by molar-refractivity contribution is -0.145. The van der Waals surface area contributed by atoms with Crippen molar-refractivity contribution in [2.24, 2.45) is 0 Å². The number of likely N-dealkylation sites (tertiary alicyclic amines) is 1. The van der Waals surface area contributed by atoms with Crippen molar-refractivity contribution >= 4 is 28.4 Å². The van der Waals surface area contributed by atoms with Gasteiger partial charge in [0.25, 0.3) is 0 Å². The van der Waals surface area contributed by atoms with E-state index in [2.05, 4.69) is 16.8 Å². The first-order chi connectivity index (χ1) is 11.6. The van der Waals surface area contributed by atoms with Crippen molar-refractivity contribution in [2.75, 3.05) is 18.4 Å². The van der Waals surface area contributed by atoms with Gasteiger partial charge in [-0.25, -0.2) is 0 Å². The highest BCUT2D eigenvalue weighted by atomic mass is 16.3. The molecule has 2 amide bonds. The zero-order valence-electron chi connectivity index (χ0n) is 13.9. The molecule has 1 aromatic heterocycles. The summed E-state index contributed by atoms with van der Waals surface area (Å²) in [5, 5.41) is 13.3. The van der Waals surface area contributed by atoms with E-state index < -0.39 is 17.9 Å². The van der Waals surface area contributed by atoms with Gasteiger partial charge in [-0.15, -0.1) is 0 Å². The molecule has 0 saturated carbocycles. The normalized spacial score (nSPS) is 17.9. The summed E-state index contributed by atoms with van der Waals surface area (Å²) in [7, 11) is 0. The number of benzene rings is 1. The van der Waals surface area contributed by atoms with Gasteiger partial charge < -0.3 is 19.9 Å². The molecule has 1 fully saturated rings. The molecule has 24 heavy (non-hydrogen) atoms. The van der Waals surface area contributed by atoms with E-state index in [1.165, 1.54) is 4.90 Å². The number of aliphatic hydroxyl groups excluding tert-OH is 1. The van der Waals surface area contributed by atoms with Crippen molar-refractivity contribution in [1.29, 1.82) is 0 Å². The molecule has 1 saturated heterocycles. The minimum Gasteiger partial charge on any atom is -0.391 e. The molecular formula is C18H23N3O3. The van der Waals surface area contributed by atoms with E-state index in [1.54, 1.807) is 0 Å². The molecule has 2 N–H and O–H groups in total. The van der Waals surface area contributed by atoms with E-state index in [-0.39, 0.29) is 6.54 Å². The molecule has 1 aromatic carbocycles. The third-order valence-electron chi connectivity index (χ3n) is 4.37. The number of carbonyl (C=O) groups excluding carboxylic acids is 2. The molecule has 6 nitrogen and oxygen atoms in total. The van der Waals surface area contributed by atoms with E-state index in [1.807, 2.05) is 30.5 Å². The van der Waals surface area contributed by atoms with Gasteiger partial charge in [0, 0.05) is 42.4 Å². The minimum atomic E-state index is -0.656. The lowest BCUT2D eigenvalue weighted by Crippen LogP contribution is -2.46. The fourth-order valence-electron chi connectivity index (χ4n) is 3.18. The predicted octanol–water partition coefficient (Wildman–Crippen LogP) is 1.97. The zero-order valence-corrected chi connectivity index (χ0v) is 13.9. The summed E-state index contributed by atoms with van der Waals surface area (Å²) in [6.07, 6.45) is 3.94. The molecule has 2 heterocycles. The van der Waals surface area contributed by atoms with Crippen molar-refractivity contribution in [3.05, 3.63) is 30.5 Å². The number of rotatable bonds is 3. The first-order valence-electron chi connectivity index (χ1n) is 8.45. The Morgan fingerprint density at radius 2 is 2.17 bits per heavy atom. The van der Waals surface area contributed by atoms with Gasteiger partial charge in [-0.05, 0) is 43.5 Å². The average molecular weight is 329 g/mol. The number of hydrogen-bond acceptors (Lipinski definition) is 3. The summed E-state index contributed by atoms with van der Waals surface area (Å²) >= 11 is 0. The summed E-state index contributed by atoms with van der Waals surface area (Å²) in [6, 6.07) is 7.64. The summed E-state index contributed by atoms with van der Waals surface area (Å²) in [4.78, 5) is 25.8. The van der Waals surface area contributed by atoms with Crippen LogP contribution in [-0.2, 0) is 16.1 Å². The van der Waals surface area contributed by atoms with E-state index in [9.17, 15) is 14.7 Å². The van der Waals surface area contributed by atoms with Crippen molar-refractivity contribution in [3.63, 3.8) is 0 Å². The first kappa shape index (κ1) is 16.5. The van der Waals surface area contributed by atoms with Crippen LogP contribution in [0.1, 0.15) is 26.2 Å². The molecule has 1 atom stereocenters. The molecule has 0 spiro atoms. The Kier molecular flexibility index (Phi) is 4.85. The second-order valence-electron chi connectivity index (χ2n) is 6.28. The minimum absolute atomic E-state index is 0.227. The highest BCUT2D eigenvalue weighted by Crippen LogP contribution is 2.21. The van der Waals surface area contributed by atoms with E-state index in [0.29, 0.717) is 18.7 Å². The lowest BCUT2D eigenvalue weighted by Gasteiger charge is -2.29. The van der Waals surface area contributed by atoms with Crippen LogP contribution >= 0.6 is 0 Å². The third-order valence-corrected chi connectivity index (χ3v) is 4.37. The van der Waals surface area contributed by atoms with Gasteiger partial charge in [-0.2, -0.15) is 0 Å². The van der Waals surface area contributed by atoms with Crippen LogP contribution in [0, 0.1) is 0 Å². The van der Waals surface area contributed by atoms with Crippen LogP contribution in [0.4, 0.5) is 5.69 Å². The second-order valence-corrected chi connectivity index (χ2v) is 6.28. The monoisotopic (exact) mass is 329 g/mol. The first-order valence-corrected chi connectivity index (χ1v) is 8.45. The van der Waals surface area contributed by atoms with Crippen molar-refractivity contribution in [2.45, 2.75) is 38.8 Å². The second kappa shape index (κ2) is 7.05. The maximum atomic E-state index is 12.2. The molecule has 128 valence electrons. The van der Waals surface area contributed by atoms with Crippen LogP contribution in [-0.4, -0.2) is 45.6 Å². The van der Waals surface area contributed by atoms with Crippen molar-refractivity contribution in [1.82, 2.24) is 9.47 Å². The Bertz CT molecular complexity index is 753. The molecule has 1 aliphatic rings. The third kappa shape index (κ3) is 3.43. The number of nitrogens with zero attached hydrogens (tertiary/aromatic N) is 2. The summed E-state index contributed by atoms with van der Waals surface area (Å²) in [5.74, 6) is -1.24. The van der Waals surface area contributed by atoms with Crippen LogP contribution in [0.15, 0.2) is 30.5 Å². The number of hydrogen-bond donors (Lipinski definition) is 2. The van der Waals surface area contributed by atoms with Crippen LogP contribution < -0.4 is 5.32 Å². The average Bonchev–Trinajstić information content (AvgIpc) is 2.97. The number of anilines is 1. The van der Waals surface area contributed by atoms with E-state index in [0.717, 1.165) is 30.3 Å². The number of fused-ring (bicyclic) bond motifs is 1. The van der Waals surface area contributed by atoms with E-state index >= 15 is 0 Å². The van der Waals surface area contributed by atoms with Crippen molar-refractivity contribution in [3.8, 4) is 0 Å². The van der Waals surface area contributed by atoms with Gasteiger partial charge in [0.2, 0.25) is 0 Å². The number of amides is 2. The van der Waals surface area contributed by atoms with Crippen LogP contribution in [0.2, 0.25) is 0 Å². The summed E-state index contributed by atoms with van der Waals surface area (Å²) in [6.45, 7) is 3.82. The lowest BCUT2D eigenvalue weighted by atomic mass is 10.1. The van der Waals surface area contributed by atoms with Gasteiger partial charge in [0.15, 0.2) is 0 Å². The number of aliphatic hydroxyl groups is 1. The number of piperidine rings is 1. The fraction of sp³-hybridized carbons (Fsp3) is 0.444. The molecule has 1 unspecified atom stereocenters. The molecule has 6 heteroatoms. The molecule has 1 aliphatic heterocycles. The Morgan fingerprint density at radius 3 is 2.92 bits per heavy atom. The summed E-state index contributed by atoms with van der Waals surface area (Å²) in [5.41, 5.74) is 1.72. The number of β-amino-alcohol motifs (C(OH)–C–C–N with tert-alkyl or cyclic N) is 1. The zero-order chi connectivity index (χ0) is 17.1. The highest BCUT2D eigenvalue weighted by Gasteiger charge is 2.26. The highest BCUT2D eigenvalue weighted by molar-refractivity contribution is 6.39. The molecule has 2 aromatic rings. The smallest absolute Gasteiger partial charge is 0.313 e. The molecule has 0 aliphatic carbocycles. The van der Waals surface area contributed by atoms with Gasteiger partial charge in [0.05, 0.1) is 6.10 Å². The number of aromatic nitrogens is 1. The number of nitrogens with one attached hydrogen (secondary N) is 1. The van der Waals surface area contributed by atoms with Gasteiger partial charge in [0.1, 0.15) is 0 Å². The SMILES string of the molecule is CCCn1ccc2cc(NC(=O)C(=O)N3CCCC(O)C3)ccc21. The van der Waals surface area contributed by atoms with Crippen molar-refractivity contribution < 1.29 is 14.7 Å². The van der Waals surface area contributed by atoms with E-state index in [4.69, 9.17) is 0 Å². The fourth-order valence-corrected chi connectivity index (χ4v) is 3.18. The largest absolute Gasteiger partial charge is 0.391 e. The Labute approximate surface area is 141 Å². The molecule has 0 radical (unpaired) electrons. The molecular weight excluding hydrogens is 306 g/mol. The topological polar surface area (TPSA) is 74.6 Å². The van der Waals surface area contributed by atoms with Gasteiger partial charge in [-0.1, -0.05) is 6.92 Å². The van der Waals surface area contributed by atoms with Gasteiger partial charge >= 0.3 is 11.8 Å². The van der Waals surface area contributed by atoms with Crippen LogP contribution in [0.25, 0.3) is 10.9 Å². The molecule has 0 bridgehead atoms. The predicted molar refractivity (Wildman–Crippen MR) is 92.7 cm³/mol. The van der Waals surface area contributed by atoms with Crippen LogP contribution in [0.3, 0.4) is 0 Å². The number of carbonyl (C=O) groups is 2. The maximum Gasteiger partial charge on any atom is 0.313 e. The maximum absolute atomic E-state index is 12.2. The van der Waals surface area contributed by atoms with Gasteiger partial charge in [-0.3, -0.25) is 9.59 Å². The summed E-state index contributed by atoms with van der Waals surface area (Å²) < 4.78 is 2.17.